The molecule has 11 heteroatoms. The highest BCUT2D eigenvalue weighted by Crippen LogP contribution is 2.30. The molecule has 0 bridgehead atoms. The largest absolute Gasteiger partial charge is 0.497 e. The van der Waals surface area contributed by atoms with Gasteiger partial charge in [-0.15, -0.1) is 10.2 Å². The van der Waals surface area contributed by atoms with Gasteiger partial charge in [0.2, 0.25) is 0 Å². The predicted octanol–water partition coefficient (Wildman–Crippen LogP) is 5.66. The van der Waals surface area contributed by atoms with Crippen molar-refractivity contribution in [2.45, 2.75) is 30.2 Å². The van der Waals surface area contributed by atoms with Crippen molar-refractivity contribution in [2.75, 3.05) is 14.2 Å². The van der Waals surface area contributed by atoms with Gasteiger partial charge < -0.3 is 14.8 Å². The van der Waals surface area contributed by atoms with Crippen LogP contribution in [0.4, 0.5) is 13.2 Å². The molecule has 4 rings (SSSR count). The number of alkyl halides is 3. The number of amides is 1. The number of aromatic nitrogens is 3. The molecule has 1 amide bonds. The molecule has 0 saturated heterocycles. The highest BCUT2D eigenvalue weighted by molar-refractivity contribution is 7.98. The third-order valence-corrected chi connectivity index (χ3v) is 6.61. The SMILES string of the molecule is COCc1nnc(SCc2ccccc2C(=O)NCc2cccc(C(F)(F)F)c2)n1-c1ccc(OC)cc1. The lowest BCUT2D eigenvalue weighted by atomic mass is 10.1. The van der Waals surface area contributed by atoms with Crippen LogP contribution < -0.4 is 10.1 Å². The number of hydrogen-bond donors (Lipinski definition) is 1. The van der Waals surface area contributed by atoms with E-state index in [1.165, 1.54) is 17.8 Å². The number of benzene rings is 3. The first-order valence-electron chi connectivity index (χ1n) is 11.5. The van der Waals surface area contributed by atoms with E-state index in [1.54, 1.807) is 32.4 Å². The smallest absolute Gasteiger partial charge is 0.416 e. The summed E-state index contributed by atoms with van der Waals surface area (Å²) in [5.41, 5.74) is 1.61. The first-order chi connectivity index (χ1) is 18.3. The molecule has 198 valence electrons. The number of nitrogens with one attached hydrogen (secondary N) is 1. The molecule has 0 radical (unpaired) electrons. The Balaban J connectivity index is 1.50. The average molecular weight is 543 g/mol. The summed E-state index contributed by atoms with van der Waals surface area (Å²) in [5.74, 6) is 1.37. The molecule has 1 heterocycles. The molecule has 0 spiro atoms. The normalized spacial score (nSPS) is 11.4. The summed E-state index contributed by atoms with van der Waals surface area (Å²) in [5, 5.41) is 11.9. The Morgan fingerprint density at radius 1 is 1.00 bits per heavy atom. The van der Waals surface area contributed by atoms with Crippen molar-refractivity contribution in [3.63, 3.8) is 0 Å². The summed E-state index contributed by atoms with van der Waals surface area (Å²) in [6, 6.07) is 19.4. The molecule has 1 aromatic heterocycles. The Hall–Kier alpha value is -3.83. The van der Waals surface area contributed by atoms with Crippen molar-refractivity contribution in [1.29, 1.82) is 0 Å². The molecule has 0 atom stereocenters. The second kappa shape index (κ2) is 12.1. The van der Waals surface area contributed by atoms with E-state index < -0.39 is 11.7 Å². The highest BCUT2D eigenvalue weighted by Gasteiger charge is 2.30. The van der Waals surface area contributed by atoms with Crippen molar-refractivity contribution in [1.82, 2.24) is 20.1 Å². The Morgan fingerprint density at radius 2 is 1.76 bits per heavy atom. The van der Waals surface area contributed by atoms with Gasteiger partial charge in [-0.1, -0.05) is 42.1 Å². The monoisotopic (exact) mass is 542 g/mol. The fourth-order valence-corrected chi connectivity index (χ4v) is 4.73. The van der Waals surface area contributed by atoms with Gasteiger partial charge in [-0.2, -0.15) is 13.2 Å². The number of rotatable bonds is 10. The van der Waals surface area contributed by atoms with E-state index in [9.17, 15) is 18.0 Å². The number of thioether (sulfide) groups is 1. The molecule has 1 N–H and O–H groups in total. The fraction of sp³-hybridized carbons (Fsp3) is 0.222. The van der Waals surface area contributed by atoms with E-state index >= 15 is 0 Å². The Bertz CT molecular complexity index is 1390. The Labute approximate surface area is 222 Å². The highest BCUT2D eigenvalue weighted by atomic mass is 32.2. The Morgan fingerprint density at radius 3 is 2.47 bits per heavy atom. The van der Waals surface area contributed by atoms with Crippen LogP contribution in [0.15, 0.2) is 78.0 Å². The van der Waals surface area contributed by atoms with E-state index in [-0.39, 0.29) is 19.1 Å². The van der Waals surface area contributed by atoms with Crippen molar-refractivity contribution >= 4 is 17.7 Å². The molecule has 0 saturated carbocycles. The molecular formula is C27H25F3N4O3S. The number of halogens is 3. The van der Waals surface area contributed by atoms with E-state index in [2.05, 4.69) is 15.5 Å². The van der Waals surface area contributed by atoms with E-state index in [0.717, 1.165) is 29.1 Å². The molecule has 4 aromatic rings. The van der Waals surface area contributed by atoms with Crippen LogP contribution in [0.2, 0.25) is 0 Å². The topological polar surface area (TPSA) is 78.3 Å². The van der Waals surface area contributed by atoms with Crippen molar-refractivity contribution in [2.24, 2.45) is 0 Å². The van der Waals surface area contributed by atoms with Gasteiger partial charge in [0, 0.05) is 30.7 Å². The molecule has 0 aliphatic carbocycles. The van der Waals surface area contributed by atoms with Crippen LogP contribution in [0.5, 0.6) is 5.75 Å². The van der Waals surface area contributed by atoms with Crippen LogP contribution >= 0.6 is 11.8 Å². The van der Waals surface area contributed by atoms with Gasteiger partial charge in [0.05, 0.1) is 12.7 Å². The van der Waals surface area contributed by atoms with Gasteiger partial charge in [0.25, 0.3) is 5.91 Å². The molecule has 7 nitrogen and oxygen atoms in total. The summed E-state index contributed by atoms with van der Waals surface area (Å²) >= 11 is 1.40. The quantitative estimate of drug-likeness (QED) is 0.261. The summed E-state index contributed by atoms with van der Waals surface area (Å²) in [4.78, 5) is 13.0. The molecule has 38 heavy (non-hydrogen) atoms. The second-order valence-corrected chi connectivity index (χ2v) is 9.13. The lowest BCUT2D eigenvalue weighted by Crippen LogP contribution is -2.24. The maximum atomic E-state index is 13.0. The van der Waals surface area contributed by atoms with Crippen LogP contribution in [0.3, 0.4) is 0 Å². The van der Waals surface area contributed by atoms with E-state index in [1.807, 2.05) is 41.0 Å². The van der Waals surface area contributed by atoms with Crippen LogP contribution in [-0.2, 0) is 29.8 Å². The summed E-state index contributed by atoms with van der Waals surface area (Å²) in [7, 11) is 3.17. The van der Waals surface area contributed by atoms with Gasteiger partial charge in [0.15, 0.2) is 11.0 Å². The molecule has 3 aromatic carbocycles. The van der Waals surface area contributed by atoms with Crippen LogP contribution in [0, 0.1) is 0 Å². The lowest BCUT2D eigenvalue weighted by molar-refractivity contribution is -0.137. The molecule has 0 unspecified atom stereocenters. The van der Waals surface area contributed by atoms with Crippen molar-refractivity contribution in [3.8, 4) is 11.4 Å². The first kappa shape index (κ1) is 27.2. The maximum absolute atomic E-state index is 13.0. The van der Waals surface area contributed by atoms with E-state index in [4.69, 9.17) is 9.47 Å². The predicted molar refractivity (Wildman–Crippen MR) is 137 cm³/mol. The van der Waals surface area contributed by atoms with E-state index in [0.29, 0.717) is 27.9 Å². The Kier molecular flexibility index (Phi) is 8.70. The average Bonchev–Trinajstić information content (AvgIpc) is 3.33. The fourth-order valence-electron chi connectivity index (χ4n) is 3.75. The summed E-state index contributed by atoms with van der Waals surface area (Å²) < 4.78 is 51.4. The maximum Gasteiger partial charge on any atom is 0.416 e. The summed E-state index contributed by atoms with van der Waals surface area (Å²) in [6.45, 7) is 0.227. The third kappa shape index (κ3) is 6.53. The van der Waals surface area contributed by atoms with Crippen LogP contribution in [0.25, 0.3) is 5.69 Å². The summed E-state index contributed by atoms with van der Waals surface area (Å²) in [6.07, 6.45) is -4.45. The van der Waals surface area contributed by atoms with Gasteiger partial charge in [0.1, 0.15) is 12.4 Å². The minimum absolute atomic E-state index is 0.0313. The number of ether oxygens (including phenoxy) is 2. The van der Waals surface area contributed by atoms with Crippen LogP contribution in [-0.4, -0.2) is 34.9 Å². The zero-order valence-electron chi connectivity index (χ0n) is 20.7. The van der Waals surface area contributed by atoms with Gasteiger partial charge in [-0.25, -0.2) is 0 Å². The van der Waals surface area contributed by atoms with Gasteiger partial charge >= 0.3 is 6.18 Å². The molecule has 0 aliphatic heterocycles. The standard InChI is InChI=1S/C27H25F3N4O3S/c1-36-16-24-32-33-26(34(24)21-10-12-22(37-2)13-11-21)38-17-19-7-3-4-9-23(19)25(35)31-15-18-6-5-8-20(14-18)27(28,29)30/h3-14H,15-17H2,1-2H3,(H,31,35). The molecule has 0 fully saturated rings. The number of hydrogen-bond acceptors (Lipinski definition) is 6. The van der Waals surface area contributed by atoms with Crippen molar-refractivity contribution < 1.29 is 27.4 Å². The lowest BCUT2D eigenvalue weighted by Gasteiger charge is -2.13. The van der Waals surface area contributed by atoms with Gasteiger partial charge in [-0.05, 0) is 53.6 Å². The van der Waals surface area contributed by atoms with Gasteiger partial charge in [-0.3, -0.25) is 9.36 Å². The van der Waals surface area contributed by atoms with Crippen molar-refractivity contribution in [3.05, 3.63) is 101 Å². The second-order valence-electron chi connectivity index (χ2n) is 8.19. The number of nitrogens with zero attached hydrogens (tertiary/aromatic N) is 3. The minimum atomic E-state index is -4.45. The number of carbonyl (C=O) groups is 1. The zero-order chi connectivity index (χ0) is 27.1. The number of carbonyl (C=O) groups excluding carboxylic acids is 1. The minimum Gasteiger partial charge on any atom is -0.497 e. The van der Waals surface area contributed by atoms with Crippen LogP contribution in [0.1, 0.15) is 32.9 Å². The molecular weight excluding hydrogens is 517 g/mol. The zero-order valence-corrected chi connectivity index (χ0v) is 21.5. The first-order valence-corrected chi connectivity index (χ1v) is 12.5. The molecule has 0 aliphatic rings. The number of methoxy groups -OCH3 is 2. The third-order valence-electron chi connectivity index (χ3n) is 5.63.